The number of hydrogen-bond acceptors (Lipinski definition) is 5. The van der Waals surface area contributed by atoms with E-state index in [1.807, 2.05) is 6.07 Å². The van der Waals surface area contributed by atoms with Crippen LogP contribution in [0.15, 0.2) is 12.1 Å². The van der Waals surface area contributed by atoms with Gasteiger partial charge in [-0.15, -0.1) is 0 Å². The number of rotatable bonds is 7. The molecule has 0 bridgehead atoms. The Morgan fingerprint density at radius 1 is 1.07 bits per heavy atom. The lowest BCUT2D eigenvalue weighted by molar-refractivity contribution is -0.149. The number of ether oxygens (including phenoxy) is 3. The Bertz CT molecular complexity index is 734. The van der Waals surface area contributed by atoms with Crippen molar-refractivity contribution in [3.05, 3.63) is 17.7 Å². The van der Waals surface area contributed by atoms with Crippen molar-refractivity contribution >= 4 is 11.9 Å². The zero-order chi connectivity index (χ0) is 20.3. The summed E-state index contributed by atoms with van der Waals surface area (Å²) in [5.41, 5.74) is 0.833. The van der Waals surface area contributed by atoms with Crippen LogP contribution in [0.4, 0.5) is 0 Å². The highest BCUT2D eigenvalue weighted by Gasteiger charge is 2.47. The maximum absolute atomic E-state index is 13.0. The fourth-order valence-electron chi connectivity index (χ4n) is 4.77. The fraction of sp³-hybridized carbons (Fsp3) is 0.619. The van der Waals surface area contributed by atoms with E-state index >= 15 is 0 Å². The van der Waals surface area contributed by atoms with Gasteiger partial charge in [0.1, 0.15) is 6.04 Å². The average molecular weight is 391 g/mol. The molecule has 1 aromatic rings. The van der Waals surface area contributed by atoms with Crippen molar-refractivity contribution in [3.8, 4) is 17.2 Å². The van der Waals surface area contributed by atoms with E-state index in [1.165, 1.54) is 0 Å². The van der Waals surface area contributed by atoms with Crippen LogP contribution in [0.5, 0.6) is 17.2 Å². The van der Waals surface area contributed by atoms with Gasteiger partial charge in [0.15, 0.2) is 11.5 Å². The lowest BCUT2D eigenvalue weighted by Gasteiger charge is -2.33. The predicted octanol–water partition coefficient (Wildman–Crippen LogP) is 2.89. The number of aryl methyl sites for hydroxylation is 1. The smallest absolute Gasteiger partial charge is 0.326 e. The van der Waals surface area contributed by atoms with Crippen LogP contribution in [-0.2, 0) is 16.0 Å². The number of carboxylic acid groups (broad SMARTS) is 1. The molecular weight excluding hydrogens is 362 g/mol. The van der Waals surface area contributed by atoms with Crippen molar-refractivity contribution in [2.24, 2.45) is 5.92 Å². The number of carbonyl (C=O) groups is 2. The standard InChI is InChI=1S/C21H29NO6/c1-26-17-10-8-13(19(27-2)20(17)28-3)9-11-18(23)22-15-7-5-4-6-14(15)12-16(22)21(24)25/h8,10,14-16H,4-7,9,11-12H2,1-3H3,(H,24,25)/t14-,15-,16+/m1/s1. The highest BCUT2D eigenvalue weighted by Crippen LogP contribution is 2.42. The quantitative estimate of drug-likeness (QED) is 0.769. The third kappa shape index (κ3) is 3.75. The van der Waals surface area contributed by atoms with Crippen LogP contribution >= 0.6 is 0 Å². The Hall–Kier alpha value is -2.44. The molecule has 1 saturated carbocycles. The summed E-state index contributed by atoms with van der Waals surface area (Å²) in [7, 11) is 4.65. The maximum Gasteiger partial charge on any atom is 0.326 e. The SMILES string of the molecule is COc1ccc(CCC(=O)N2[C@@H]3CCCC[C@@H]3C[C@H]2C(=O)O)c(OC)c1OC. The Balaban J connectivity index is 1.77. The van der Waals surface area contributed by atoms with Gasteiger partial charge in [-0.2, -0.15) is 0 Å². The van der Waals surface area contributed by atoms with E-state index < -0.39 is 12.0 Å². The molecule has 1 aliphatic heterocycles. The molecule has 0 unspecified atom stereocenters. The van der Waals surface area contributed by atoms with Gasteiger partial charge in [0.2, 0.25) is 11.7 Å². The van der Waals surface area contributed by atoms with E-state index in [2.05, 4.69) is 0 Å². The zero-order valence-corrected chi connectivity index (χ0v) is 16.8. The molecule has 1 amide bonds. The number of carboxylic acids is 1. The van der Waals surface area contributed by atoms with E-state index in [9.17, 15) is 14.7 Å². The van der Waals surface area contributed by atoms with Gasteiger partial charge < -0.3 is 24.2 Å². The maximum atomic E-state index is 13.0. The average Bonchev–Trinajstić information content (AvgIpc) is 3.11. The van der Waals surface area contributed by atoms with Crippen molar-refractivity contribution in [1.29, 1.82) is 0 Å². The summed E-state index contributed by atoms with van der Waals surface area (Å²) < 4.78 is 16.2. The highest BCUT2D eigenvalue weighted by atomic mass is 16.5. The monoisotopic (exact) mass is 391 g/mol. The van der Waals surface area contributed by atoms with Crippen LogP contribution in [0.2, 0.25) is 0 Å². The molecule has 1 aromatic carbocycles. The predicted molar refractivity (Wildman–Crippen MR) is 103 cm³/mol. The van der Waals surface area contributed by atoms with Gasteiger partial charge in [0, 0.05) is 12.5 Å². The Morgan fingerprint density at radius 3 is 2.43 bits per heavy atom. The van der Waals surface area contributed by atoms with Crippen LogP contribution in [-0.4, -0.2) is 55.3 Å². The number of hydrogen-bond donors (Lipinski definition) is 1. The van der Waals surface area contributed by atoms with Crippen molar-refractivity contribution in [2.45, 2.75) is 57.0 Å². The molecule has 2 aliphatic rings. The Morgan fingerprint density at radius 2 is 1.79 bits per heavy atom. The lowest BCUT2D eigenvalue weighted by atomic mass is 9.84. The number of fused-ring (bicyclic) bond motifs is 1. The van der Waals surface area contributed by atoms with Gasteiger partial charge in [-0.3, -0.25) is 4.79 Å². The number of aliphatic carboxylic acids is 1. The number of amides is 1. The molecular formula is C21H29NO6. The van der Waals surface area contributed by atoms with Crippen molar-refractivity contribution in [2.75, 3.05) is 21.3 Å². The van der Waals surface area contributed by atoms with E-state index in [-0.39, 0.29) is 18.4 Å². The first-order valence-electron chi connectivity index (χ1n) is 9.83. The first-order valence-corrected chi connectivity index (χ1v) is 9.83. The number of carbonyl (C=O) groups excluding carboxylic acids is 1. The summed E-state index contributed by atoms with van der Waals surface area (Å²) >= 11 is 0. The van der Waals surface area contributed by atoms with Gasteiger partial charge in [0.25, 0.3) is 0 Å². The van der Waals surface area contributed by atoms with Gasteiger partial charge >= 0.3 is 5.97 Å². The second kappa shape index (κ2) is 8.71. The molecule has 154 valence electrons. The van der Waals surface area contributed by atoms with Crippen LogP contribution in [0, 0.1) is 5.92 Å². The molecule has 2 fully saturated rings. The molecule has 7 heteroatoms. The van der Waals surface area contributed by atoms with E-state index in [0.29, 0.717) is 36.0 Å². The zero-order valence-electron chi connectivity index (χ0n) is 16.8. The Labute approximate surface area is 165 Å². The van der Waals surface area contributed by atoms with E-state index in [1.54, 1.807) is 32.3 Å². The Kier molecular flexibility index (Phi) is 6.31. The van der Waals surface area contributed by atoms with Crippen molar-refractivity contribution in [1.82, 2.24) is 4.90 Å². The molecule has 1 N–H and O–H groups in total. The summed E-state index contributed by atoms with van der Waals surface area (Å²) in [4.78, 5) is 26.4. The molecule has 1 saturated heterocycles. The first-order chi connectivity index (χ1) is 13.5. The molecule has 1 heterocycles. The first kappa shape index (κ1) is 20.3. The summed E-state index contributed by atoms with van der Waals surface area (Å²) in [5, 5.41) is 9.63. The molecule has 1 aliphatic carbocycles. The van der Waals surface area contributed by atoms with Gasteiger partial charge in [-0.1, -0.05) is 18.9 Å². The third-order valence-electron chi connectivity index (χ3n) is 6.06. The van der Waals surface area contributed by atoms with E-state index in [0.717, 1.165) is 31.2 Å². The molecule has 0 spiro atoms. The second-order valence-corrected chi connectivity index (χ2v) is 7.50. The third-order valence-corrected chi connectivity index (χ3v) is 6.06. The summed E-state index contributed by atoms with van der Waals surface area (Å²) in [6.07, 6.45) is 5.35. The minimum Gasteiger partial charge on any atom is -0.493 e. The summed E-state index contributed by atoms with van der Waals surface area (Å²) in [6, 6.07) is 3.01. The van der Waals surface area contributed by atoms with Crippen molar-refractivity contribution < 1.29 is 28.9 Å². The molecule has 3 atom stereocenters. The number of likely N-dealkylation sites (tertiary alicyclic amines) is 1. The molecule has 28 heavy (non-hydrogen) atoms. The minimum atomic E-state index is -0.897. The number of methoxy groups -OCH3 is 3. The largest absolute Gasteiger partial charge is 0.493 e. The number of nitrogens with zero attached hydrogens (tertiary/aromatic N) is 1. The fourth-order valence-corrected chi connectivity index (χ4v) is 4.77. The van der Waals surface area contributed by atoms with Crippen molar-refractivity contribution in [3.63, 3.8) is 0 Å². The summed E-state index contributed by atoms with van der Waals surface area (Å²) in [5.74, 6) is 0.915. The van der Waals surface area contributed by atoms with Crippen LogP contribution < -0.4 is 14.2 Å². The van der Waals surface area contributed by atoms with Crippen LogP contribution in [0.25, 0.3) is 0 Å². The second-order valence-electron chi connectivity index (χ2n) is 7.50. The molecule has 3 rings (SSSR count). The van der Waals surface area contributed by atoms with Crippen LogP contribution in [0.3, 0.4) is 0 Å². The molecule has 7 nitrogen and oxygen atoms in total. The van der Waals surface area contributed by atoms with Gasteiger partial charge in [-0.05, 0) is 43.2 Å². The number of benzene rings is 1. The summed E-state index contributed by atoms with van der Waals surface area (Å²) in [6.45, 7) is 0. The van der Waals surface area contributed by atoms with Crippen LogP contribution in [0.1, 0.15) is 44.1 Å². The van der Waals surface area contributed by atoms with Gasteiger partial charge in [0.05, 0.1) is 21.3 Å². The minimum absolute atomic E-state index is 0.0645. The van der Waals surface area contributed by atoms with E-state index in [4.69, 9.17) is 14.2 Å². The topological polar surface area (TPSA) is 85.3 Å². The normalized spacial score (nSPS) is 23.8. The van der Waals surface area contributed by atoms with Gasteiger partial charge in [-0.25, -0.2) is 4.79 Å². The molecule has 0 radical (unpaired) electrons. The highest BCUT2D eigenvalue weighted by molar-refractivity contribution is 5.85. The molecule has 0 aromatic heterocycles. The lowest BCUT2D eigenvalue weighted by Crippen LogP contribution is -2.46.